The third-order valence-electron chi connectivity index (χ3n) is 3.69. The van der Waals surface area contributed by atoms with E-state index in [-0.39, 0.29) is 6.54 Å². The molecule has 124 valence electrons. The average Bonchev–Trinajstić information content (AvgIpc) is 2.90. The number of pyridine rings is 1. The predicted molar refractivity (Wildman–Crippen MR) is 87.7 cm³/mol. The van der Waals surface area contributed by atoms with Crippen molar-refractivity contribution in [2.45, 2.75) is 26.9 Å². The van der Waals surface area contributed by atoms with Gasteiger partial charge >= 0.3 is 0 Å². The minimum absolute atomic E-state index is 0.253. The molecule has 0 saturated heterocycles. The molecule has 24 heavy (non-hydrogen) atoms. The van der Waals surface area contributed by atoms with Crippen molar-refractivity contribution in [3.63, 3.8) is 0 Å². The smallest absolute Gasteiger partial charge is 0.153 e. The van der Waals surface area contributed by atoms with Gasteiger partial charge in [0.05, 0.1) is 5.69 Å². The molecule has 1 N–H and O–H groups in total. The summed E-state index contributed by atoms with van der Waals surface area (Å²) in [5.41, 5.74) is 3.23. The summed E-state index contributed by atoms with van der Waals surface area (Å²) in [6.07, 6.45) is 1.75. The van der Waals surface area contributed by atoms with Gasteiger partial charge in [-0.1, -0.05) is 6.07 Å². The Morgan fingerprint density at radius 2 is 1.88 bits per heavy atom. The monoisotopic (exact) mass is 328 g/mol. The zero-order valence-corrected chi connectivity index (χ0v) is 13.6. The lowest BCUT2D eigenvalue weighted by Gasteiger charge is -2.08. The highest BCUT2D eigenvalue weighted by atomic mass is 19.1. The fourth-order valence-electron chi connectivity index (χ4n) is 2.53. The standard InChI is InChI=1S/C18H18F2N4/c1-12-7-13(2)24(23-12)18-6-3-14(10-22-18)9-21-11-15-8-16(19)4-5-17(15)20/h3-8,10,21H,9,11H2,1-2H3. The molecule has 3 aromatic rings. The molecule has 4 nitrogen and oxygen atoms in total. The van der Waals surface area contributed by atoms with Gasteiger partial charge in [-0.05, 0) is 49.7 Å². The van der Waals surface area contributed by atoms with E-state index in [9.17, 15) is 8.78 Å². The number of halogens is 2. The SMILES string of the molecule is Cc1cc(C)n(-c2ccc(CNCc3cc(F)ccc3F)cn2)n1. The summed E-state index contributed by atoms with van der Waals surface area (Å²) >= 11 is 0. The molecule has 0 bridgehead atoms. The van der Waals surface area contributed by atoms with E-state index >= 15 is 0 Å². The van der Waals surface area contributed by atoms with E-state index in [0.29, 0.717) is 12.1 Å². The Morgan fingerprint density at radius 3 is 2.54 bits per heavy atom. The Kier molecular flexibility index (Phi) is 4.66. The number of nitrogens with zero attached hydrogens (tertiary/aromatic N) is 3. The predicted octanol–water partition coefficient (Wildman–Crippen LogP) is 3.45. The molecule has 0 radical (unpaired) electrons. The second-order valence-electron chi connectivity index (χ2n) is 5.70. The number of nitrogens with one attached hydrogen (secondary N) is 1. The van der Waals surface area contributed by atoms with Crippen molar-refractivity contribution in [3.8, 4) is 5.82 Å². The summed E-state index contributed by atoms with van der Waals surface area (Å²) in [5.74, 6) is -0.105. The number of rotatable bonds is 5. The second kappa shape index (κ2) is 6.88. The Balaban J connectivity index is 1.62. The Morgan fingerprint density at radius 1 is 1.04 bits per heavy atom. The van der Waals surface area contributed by atoms with Gasteiger partial charge in [-0.15, -0.1) is 0 Å². The molecule has 3 rings (SSSR count). The molecule has 0 aliphatic rings. The average molecular weight is 328 g/mol. The molecule has 0 unspecified atom stereocenters. The van der Waals surface area contributed by atoms with Crippen LogP contribution in [0.3, 0.4) is 0 Å². The molecule has 0 atom stereocenters. The van der Waals surface area contributed by atoms with Crippen LogP contribution in [-0.2, 0) is 13.1 Å². The maximum absolute atomic E-state index is 13.5. The maximum Gasteiger partial charge on any atom is 0.153 e. The zero-order chi connectivity index (χ0) is 17.1. The molecule has 0 aliphatic heterocycles. The van der Waals surface area contributed by atoms with E-state index < -0.39 is 11.6 Å². The highest BCUT2D eigenvalue weighted by molar-refractivity contribution is 5.28. The molecule has 2 heterocycles. The van der Waals surface area contributed by atoms with Crippen LogP contribution in [0.5, 0.6) is 0 Å². The Hall–Kier alpha value is -2.60. The van der Waals surface area contributed by atoms with Gasteiger partial charge in [-0.25, -0.2) is 18.4 Å². The van der Waals surface area contributed by atoms with Crippen LogP contribution in [-0.4, -0.2) is 14.8 Å². The van der Waals surface area contributed by atoms with Crippen molar-refractivity contribution in [3.05, 3.63) is 76.7 Å². The van der Waals surface area contributed by atoms with Crippen LogP contribution in [0.4, 0.5) is 8.78 Å². The van der Waals surface area contributed by atoms with Crippen LogP contribution in [0.2, 0.25) is 0 Å². The molecule has 0 saturated carbocycles. The summed E-state index contributed by atoms with van der Waals surface area (Å²) in [5, 5.41) is 7.48. The molecule has 1 aromatic carbocycles. The van der Waals surface area contributed by atoms with E-state index in [1.807, 2.05) is 32.0 Å². The van der Waals surface area contributed by atoms with Crippen LogP contribution < -0.4 is 5.32 Å². The Labute approximate surface area is 139 Å². The first kappa shape index (κ1) is 16.3. The lowest BCUT2D eigenvalue weighted by Crippen LogP contribution is -2.14. The lowest BCUT2D eigenvalue weighted by atomic mass is 10.2. The van der Waals surface area contributed by atoms with Crippen molar-refractivity contribution in [1.29, 1.82) is 0 Å². The van der Waals surface area contributed by atoms with Crippen LogP contribution in [0.25, 0.3) is 5.82 Å². The summed E-state index contributed by atoms with van der Waals surface area (Å²) in [6, 6.07) is 9.27. The topological polar surface area (TPSA) is 42.7 Å². The highest BCUT2D eigenvalue weighted by Crippen LogP contribution is 2.11. The molecular weight excluding hydrogens is 310 g/mol. The van der Waals surface area contributed by atoms with Crippen LogP contribution in [0.15, 0.2) is 42.6 Å². The van der Waals surface area contributed by atoms with Gasteiger partial charge in [-0.2, -0.15) is 5.10 Å². The fourth-order valence-corrected chi connectivity index (χ4v) is 2.53. The molecular formula is C18H18F2N4. The fraction of sp³-hybridized carbons (Fsp3) is 0.222. The van der Waals surface area contributed by atoms with Gasteiger partial charge in [0.25, 0.3) is 0 Å². The van der Waals surface area contributed by atoms with E-state index in [0.717, 1.165) is 34.9 Å². The maximum atomic E-state index is 13.5. The van der Waals surface area contributed by atoms with Crippen molar-refractivity contribution in [2.24, 2.45) is 0 Å². The third-order valence-corrected chi connectivity index (χ3v) is 3.69. The minimum atomic E-state index is -0.441. The quantitative estimate of drug-likeness (QED) is 0.780. The number of benzene rings is 1. The van der Waals surface area contributed by atoms with Crippen LogP contribution >= 0.6 is 0 Å². The Bertz CT molecular complexity index is 841. The van der Waals surface area contributed by atoms with Gasteiger partial charge < -0.3 is 5.32 Å². The van der Waals surface area contributed by atoms with E-state index in [2.05, 4.69) is 15.4 Å². The molecule has 0 spiro atoms. The molecule has 0 aliphatic carbocycles. The molecule has 0 amide bonds. The van der Waals surface area contributed by atoms with Crippen molar-refractivity contribution < 1.29 is 8.78 Å². The first-order valence-electron chi connectivity index (χ1n) is 7.66. The number of hydrogen-bond acceptors (Lipinski definition) is 3. The molecule has 2 aromatic heterocycles. The number of hydrogen-bond donors (Lipinski definition) is 1. The minimum Gasteiger partial charge on any atom is -0.308 e. The zero-order valence-electron chi connectivity index (χ0n) is 13.6. The summed E-state index contributed by atoms with van der Waals surface area (Å²) in [6.45, 7) is 4.68. The largest absolute Gasteiger partial charge is 0.308 e. The van der Waals surface area contributed by atoms with Crippen molar-refractivity contribution in [1.82, 2.24) is 20.1 Å². The summed E-state index contributed by atoms with van der Waals surface area (Å²) in [4.78, 5) is 4.41. The molecule has 0 fully saturated rings. The lowest BCUT2D eigenvalue weighted by molar-refractivity contribution is 0.568. The van der Waals surface area contributed by atoms with Crippen molar-refractivity contribution >= 4 is 0 Å². The summed E-state index contributed by atoms with van der Waals surface area (Å²) in [7, 11) is 0. The normalized spacial score (nSPS) is 11.0. The van der Waals surface area contributed by atoms with E-state index in [1.54, 1.807) is 10.9 Å². The van der Waals surface area contributed by atoms with Gasteiger partial charge in [0, 0.05) is 30.5 Å². The first-order chi connectivity index (χ1) is 11.5. The van der Waals surface area contributed by atoms with Gasteiger partial charge in [0.2, 0.25) is 0 Å². The number of aromatic nitrogens is 3. The van der Waals surface area contributed by atoms with E-state index in [4.69, 9.17) is 0 Å². The van der Waals surface area contributed by atoms with E-state index in [1.165, 1.54) is 6.07 Å². The molecule has 6 heteroatoms. The van der Waals surface area contributed by atoms with Gasteiger partial charge in [0.15, 0.2) is 5.82 Å². The van der Waals surface area contributed by atoms with Gasteiger partial charge in [-0.3, -0.25) is 0 Å². The van der Waals surface area contributed by atoms with Gasteiger partial charge in [0.1, 0.15) is 11.6 Å². The van der Waals surface area contributed by atoms with Crippen LogP contribution in [0, 0.1) is 25.5 Å². The summed E-state index contributed by atoms with van der Waals surface area (Å²) < 4.78 is 28.5. The van der Waals surface area contributed by atoms with Crippen LogP contribution in [0.1, 0.15) is 22.5 Å². The van der Waals surface area contributed by atoms with Crippen molar-refractivity contribution in [2.75, 3.05) is 0 Å². The highest BCUT2D eigenvalue weighted by Gasteiger charge is 2.06. The number of aryl methyl sites for hydroxylation is 2. The third kappa shape index (κ3) is 3.65. The first-order valence-corrected chi connectivity index (χ1v) is 7.66. The second-order valence-corrected chi connectivity index (χ2v) is 5.70.